The molecule has 0 amide bonds. The van der Waals surface area contributed by atoms with Gasteiger partial charge in [0.2, 0.25) is 0 Å². The zero-order valence-corrected chi connectivity index (χ0v) is 14.1. The van der Waals surface area contributed by atoms with Crippen molar-refractivity contribution in [3.63, 3.8) is 0 Å². The summed E-state index contributed by atoms with van der Waals surface area (Å²) in [5.41, 5.74) is 1.21. The number of methoxy groups -OCH3 is 2. The van der Waals surface area contributed by atoms with Crippen molar-refractivity contribution in [2.75, 3.05) is 14.2 Å². The number of esters is 1. The number of hydrogen-bond acceptors (Lipinski definition) is 6. The molecule has 0 fully saturated rings. The van der Waals surface area contributed by atoms with Gasteiger partial charge in [0.25, 0.3) is 0 Å². The van der Waals surface area contributed by atoms with Crippen LogP contribution in [0.15, 0.2) is 24.4 Å². The van der Waals surface area contributed by atoms with Crippen LogP contribution in [0.5, 0.6) is 5.75 Å². The summed E-state index contributed by atoms with van der Waals surface area (Å²) in [6.45, 7) is 1.74. The molecule has 1 atom stereocenters. The van der Waals surface area contributed by atoms with Crippen LogP contribution in [-0.4, -0.2) is 35.9 Å². The Kier molecular flexibility index (Phi) is 6.90. The number of fused-ring (bicyclic) bond motifs is 1. The van der Waals surface area contributed by atoms with Gasteiger partial charge in [-0.25, -0.2) is 9.97 Å². The van der Waals surface area contributed by atoms with Crippen LogP contribution in [0, 0.1) is 11.3 Å². The maximum Gasteiger partial charge on any atom is 0.308 e. The number of hydrogen-bond donors (Lipinski definition) is 1. The predicted molar refractivity (Wildman–Crippen MR) is 90.6 cm³/mol. The van der Waals surface area contributed by atoms with E-state index in [4.69, 9.17) is 10.1 Å². The van der Waals surface area contributed by atoms with Gasteiger partial charge in [-0.05, 0) is 24.6 Å². The molecule has 1 aromatic carbocycles. The molecule has 1 N–H and O–H groups in total. The first-order chi connectivity index (χ1) is 10.5. The Bertz CT molecular complexity index is 706. The van der Waals surface area contributed by atoms with E-state index >= 15 is 0 Å². The van der Waals surface area contributed by atoms with E-state index in [0.717, 1.165) is 16.7 Å². The van der Waals surface area contributed by atoms with Crippen molar-refractivity contribution in [3.05, 3.63) is 30.2 Å². The third-order valence-electron chi connectivity index (χ3n) is 3.36. The van der Waals surface area contributed by atoms with E-state index in [1.165, 1.54) is 7.11 Å². The van der Waals surface area contributed by atoms with Gasteiger partial charge in [0.1, 0.15) is 11.6 Å². The highest BCUT2D eigenvalue weighted by molar-refractivity contribution is 5.87. The van der Waals surface area contributed by atoms with E-state index in [2.05, 4.69) is 14.7 Å². The third-order valence-corrected chi connectivity index (χ3v) is 3.36. The average Bonchev–Trinajstić information content (AvgIpc) is 2.53. The lowest BCUT2D eigenvalue weighted by Gasteiger charge is -2.10. The maximum atomic E-state index is 11.4. The molecule has 1 heterocycles. The number of halogens is 1. The normalized spacial score (nSPS) is 11.4. The number of nitrogens with one attached hydrogen (secondary N) is 1. The number of nitrogens with zero attached hydrogens (tertiary/aromatic N) is 2. The largest absolute Gasteiger partial charge is 0.497 e. The van der Waals surface area contributed by atoms with Crippen molar-refractivity contribution < 1.29 is 14.3 Å². The van der Waals surface area contributed by atoms with E-state index in [1.807, 2.05) is 18.2 Å². The number of carbonyl (C=O) groups excluding carboxylic acids is 1. The Labute approximate surface area is 141 Å². The molecule has 0 aliphatic rings. The average molecular weight is 338 g/mol. The zero-order valence-electron chi connectivity index (χ0n) is 13.3. The second-order valence-corrected chi connectivity index (χ2v) is 5.12. The smallest absolute Gasteiger partial charge is 0.308 e. The summed E-state index contributed by atoms with van der Waals surface area (Å²) < 4.78 is 9.82. The summed E-state index contributed by atoms with van der Waals surface area (Å²) in [6, 6.07) is 5.56. The molecule has 0 spiro atoms. The lowest BCUT2D eigenvalue weighted by Crippen LogP contribution is -2.18. The molecule has 0 unspecified atom stereocenters. The highest BCUT2D eigenvalue weighted by Gasteiger charge is 2.16. The SMILES string of the molecule is COC(=O)[C@H](C)CC(=N)Cc1ncc2cc(OC)ccc2n1.Cl. The second kappa shape index (κ2) is 8.43. The van der Waals surface area contributed by atoms with E-state index < -0.39 is 0 Å². The third kappa shape index (κ3) is 4.89. The lowest BCUT2D eigenvalue weighted by atomic mass is 10.0. The molecule has 0 aliphatic carbocycles. The summed E-state index contributed by atoms with van der Waals surface area (Å²) in [6.07, 6.45) is 2.39. The number of aromatic nitrogens is 2. The van der Waals surface area contributed by atoms with Crippen molar-refractivity contribution in [1.82, 2.24) is 9.97 Å². The Morgan fingerprint density at radius 1 is 1.35 bits per heavy atom. The highest BCUT2D eigenvalue weighted by Crippen LogP contribution is 2.18. The Balaban J connectivity index is 0.00000264. The molecule has 124 valence electrons. The Hall–Kier alpha value is -2.21. The molecular weight excluding hydrogens is 318 g/mol. The standard InChI is InChI=1S/C16H19N3O3.ClH/c1-10(16(20)22-3)6-12(17)8-15-18-9-11-7-13(21-2)4-5-14(11)19-15;/h4-5,7,9-10,17H,6,8H2,1-3H3;1H/t10-;/m1./s1. The molecular formula is C16H20ClN3O3. The molecule has 0 radical (unpaired) electrons. The second-order valence-electron chi connectivity index (χ2n) is 5.12. The van der Waals surface area contributed by atoms with Gasteiger partial charge in [-0.1, -0.05) is 6.92 Å². The molecule has 0 aliphatic heterocycles. The van der Waals surface area contributed by atoms with Crippen LogP contribution < -0.4 is 4.74 Å². The number of benzene rings is 1. The van der Waals surface area contributed by atoms with Gasteiger partial charge in [-0.2, -0.15) is 0 Å². The van der Waals surface area contributed by atoms with Gasteiger partial charge in [0, 0.05) is 23.7 Å². The fourth-order valence-electron chi connectivity index (χ4n) is 2.18. The van der Waals surface area contributed by atoms with Gasteiger partial charge in [0.15, 0.2) is 0 Å². The molecule has 1 aromatic heterocycles. The van der Waals surface area contributed by atoms with Crippen LogP contribution in [0.3, 0.4) is 0 Å². The maximum absolute atomic E-state index is 11.4. The topological polar surface area (TPSA) is 85.2 Å². The van der Waals surface area contributed by atoms with Crippen molar-refractivity contribution in [2.24, 2.45) is 5.92 Å². The van der Waals surface area contributed by atoms with Crippen LogP contribution in [0.2, 0.25) is 0 Å². The molecule has 0 saturated heterocycles. The minimum atomic E-state index is -0.331. The molecule has 2 aromatic rings. The van der Waals surface area contributed by atoms with Crippen molar-refractivity contribution in [3.8, 4) is 5.75 Å². The van der Waals surface area contributed by atoms with Gasteiger partial charge in [-0.3, -0.25) is 4.79 Å². The fraction of sp³-hybridized carbons (Fsp3) is 0.375. The lowest BCUT2D eigenvalue weighted by molar-refractivity contribution is -0.144. The van der Waals surface area contributed by atoms with Gasteiger partial charge < -0.3 is 14.9 Å². The Morgan fingerprint density at radius 2 is 2.09 bits per heavy atom. The first kappa shape index (κ1) is 18.8. The van der Waals surface area contributed by atoms with Crippen molar-refractivity contribution in [1.29, 1.82) is 5.41 Å². The molecule has 0 bridgehead atoms. The summed E-state index contributed by atoms with van der Waals surface area (Å²) >= 11 is 0. The molecule has 23 heavy (non-hydrogen) atoms. The van der Waals surface area contributed by atoms with Crippen LogP contribution in [0.4, 0.5) is 0 Å². The summed E-state index contributed by atoms with van der Waals surface area (Å²) in [4.78, 5) is 20.1. The minimum absolute atomic E-state index is 0. The molecule has 7 heteroatoms. The monoisotopic (exact) mass is 337 g/mol. The Morgan fingerprint density at radius 3 is 2.74 bits per heavy atom. The summed E-state index contributed by atoms with van der Waals surface area (Å²) in [5, 5.41) is 8.88. The van der Waals surface area contributed by atoms with E-state index in [9.17, 15) is 4.79 Å². The molecule has 0 saturated carbocycles. The van der Waals surface area contributed by atoms with Gasteiger partial charge in [0.05, 0.1) is 25.7 Å². The van der Waals surface area contributed by atoms with Gasteiger partial charge >= 0.3 is 5.97 Å². The molecule has 6 nitrogen and oxygen atoms in total. The van der Waals surface area contributed by atoms with E-state index in [-0.39, 0.29) is 24.3 Å². The zero-order chi connectivity index (χ0) is 16.1. The van der Waals surface area contributed by atoms with E-state index in [1.54, 1.807) is 20.2 Å². The van der Waals surface area contributed by atoms with Crippen LogP contribution in [0.1, 0.15) is 19.2 Å². The summed E-state index contributed by atoms with van der Waals surface area (Å²) in [5.74, 6) is 0.682. The minimum Gasteiger partial charge on any atom is -0.497 e. The molecule has 2 rings (SSSR count). The number of rotatable bonds is 6. The van der Waals surface area contributed by atoms with E-state index in [0.29, 0.717) is 24.4 Å². The van der Waals surface area contributed by atoms with Crippen LogP contribution >= 0.6 is 12.4 Å². The fourth-order valence-corrected chi connectivity index (χ4v) is 2.18. The predicted octanol–water partition coefficient (Wildman–Crippen LogP) is 2.82. The number of ether oxygens (including phenoxy) is 2. The quantitative estimate of drug-likeness (QED) is 0.647. The van der Waals surface area contributed by atoms with Crippen molar-refractivity contribution >= 4 is 35.0 Å². The highest BCUT2D eigenvalue weighted by atomic mass is 35.5. The first-order valence-corrected chi connectivity index (χ1v) is 6.97. The van der Waals surface area contributed by atoms with Crippen LogP contribution in [0.25, 0.3) is 10.9 Å². The van der Waals surface area contributed by atoms with Gasteiger partial charge in [-0.15, -0.1) is 12.4 Å². The van der Waals surface area contributed by atoms with Crippen molar-refractivity contribution in [2.45, 2.75) is 19.8 Å². The summed E-state index contributed by atoms with van der Waals surface area (Å²) in [7, 11) is 2.96. The first-order valence-electron chi connectivity index (χ1n) is 6.97. The van der Waals surface area contributed by atoms with Crippen LogP contribution in [-0.2, 0) is 16.0 Å². The number of carbonyl (C=O) groups is 1.